The number of nitrogens with zero attached hydrogens (tertiary/aromatic N) is 2. The van der Waals surface area contributed by atoms with Crippen LogP contribution in [0.3, 0.4) is 0 Å². The van der Waals surface area contributed by atoms with E-state index in [-0.39, 0.29) is 0 Å². The van der Waals surface area contributed by atoms with Crippen LogP contribution in [0.2, 0.25) is 0 Å². The summed E-state index contributed by atoms with van der Waals surface area (Å²) in [6.45, 7) is 2.09. The van der Waals surface area contributed by atoms with Crippen molar-refractivity contribution in [1.82, 2.24) is 15.5 Å². The Kier molecular flexibility index (Phi) is 2.36. The molecule has 0 bridgehead atoms. The highest BCUT2D eigenvalue weighted by molar-refractivity contribution is 4.78. The van der Waals surface area contributed by atoms with Gasteiger partial charge < -0.3 is 9.84 Å². The summed E-state index contributed by atoms with van der Waals surface area (Å²) in [5.41, 5.74) is 0. The predicted molar refractivity (Wildman–Crippen MR) is 43.6 cm³/mol. The van der Waals surface area contributed by atoms with E-state index in [1.54, 1.807) is 0 Å². The van der Waals surface area contributed by atoms with Gasteiger partial charge in [0.1, 0.15) is 0 Å². The van der Waals surface area contributed by atoms with Crippen molar-refractivity contribution >= 4 is 0 Å². The third-order valence-corrected chi connectivity index (χ3v) is 2.05. The molecule has 0 atom stereocenters. The van der Waals surface area contributed by atoms with Crippen LogP contribution in [-0.2, 0) is 6.42 Å². The van der Waals surface area contributed by atoms with E-state index in [0.717, 1.165) is 31.3 Å². The summed E-state index contributed by atoms with van der Waals surface area (Å²) >= 11 is 0. The van der Waals surface area contributed by atoms with Crippen LogP contribution >= 0.6 is 0 Å². The van der Waals surface area contributed by atoms with Crippen LogP contribution in [0, 0.1) is 5.92 Å². The summed E-state index contributed by atoms with van der Waals surface area (Å²) in [5.74, 6) is 1.66. The van der Waals surface area contributed by atoms with Crippen LogP contribution in [-0.4, -0.2) is 23.2 Å². The molecule has 2 rings (SSSR count). The Hall–Kier alpha value is -0.900. The van der Waals surface area contributed by atoms with E-state index in [4.69, 9.17) is 4.52 Å². The fourth-order valence-corrected chi connectivity index (χ4v) is 1.13. The molecule has 1 fully saturated rings. The first kappa shape index (κ1) is 7.73. The van der Waals surface area contributed by atoms with Crippen molar-refractivity contribution in [2.24, 2.45) is 5.92 Å². The summed E-state index contributed by atoms with van der Waals surface area (Å²) in [6, 6.07) is 0. The molecule has 4 heteroatoms. The van der Waals surface area contributed by atoms with Crippen LogP contribution in [0.15, 0.2) is 10.9 Å². The molecule has 1 saturated carbocycles. The maximum absolute atomic E-state index is 4.86. The highest BCUT2D eigenvalue weighted by Gasteiger charge is 2.19. The Labute approximate surface area is 71.4 Å². The molecule has 4 nitrogen and oxygen atoms in total. The van der Waals surface area contributed by atoms with E-state index in [2.05, 4.69) is 15.5 Å². The van der Waals surface area contributed by atoms with Gasteiger partial charge in [-0.05, 0) is 25.3 Å². The average molecular weight is 167 g/mol. The monoisotopic (exact) mass is 167 g/mol. The number of hydrogen-bond acceptors (Lipinski definition) is 4. The van der Waals surface area contributed by atoms with Gasteiger partial charge in [-0.3, -0.25) is 0 Å². The third kappa shape index (κ3) is 2.30. The van der Waals surface area contributed by atoms with E-state index in [0.29, 0.717) is 0 Å². The van der Waals surface area contributed by atoms with E-state index in [1.807, 2.05) is 0 Å². The second kappa shape index (κ2) is 3.67. The van der Waals surface area contributed by atoms with Gasteiger partial charge in [-0.15, -0.1) is 0 Å². The van der Waals surface area contributed by atoms with Gasteiger partial charge in [0.2, 0.25) is 5.89 Å². The molecule has 1 aliphatic rings. The smallest absolute Gasteiger partial charge is 0.227 e. The summed E-state index contributed by atoms with van der Waals surface area (Å²) in [4.78, 5) is 3.93. The minimum absolute atomic E-state index is 0.721. The molecule has 0 aromatic carbocycles. The summed E-state index contributed by atoms with van der Waals surface area (Å²) in [7, 11) is 0. The van der Waals surface area contributed by atoms with E-state index in [1.165, 1.54) is 19.2 Å². The molecule has 0 spiro atoms. The van der Waals surface area contributed by atoms with Crippen molar-refractivity contribution in [3.05, 3.63) is 12.2 Å². The minimum Gasteiger partial charge on any atom is -0.340 e. The Morgan fingerprint density at radius 2 is 2.50 bits per heavy atom. The molecular formula is C8H13N3O. The molecule has 0 radical (unpaired) electrons. The zero-order chi connectivity index (χ0) is 8.23. The van der Waals surface area contributed by atoms with Crippen LogP contribution in [0.1, 0.15) is 18.7 Å². The molecule has 0 aliphatic heterocycles. The number of hydrogen-bond donors (Lipinski definition) is 1. The maximum atomic E-state index is 4.86. The van der Waals surface area contributed by atoms with Gasteiger partial charge in [-0.25, -0.2) is 0 Å². The molecule has 1 aromatic rings. The number of nitrogens with one attached hydrogen (secondary N) is 1. The molecule has 66 valence electrons. The maximum Gasteiger partial charge on any atom is 0.227 e. The molecule has 0 unspecified atom stereocenters. The Morgan fingerprint density at radius 1 is 1.58 bits per heavy atom. The lowest BCUT2D eigenvalue weighted by Gasteiger charge is -1.98. The molecule has 12 heavy (non-hydrogen) atoms. The van der Waals surface area contributed by atoms with E-state index >= 15 is 0 Å². The molecule has 0 amide bonds. The average Bonchev–Trinajstić information content (AvgIpc) is 2.76. The lowest BCUT2D eigenvalue weighted by molar-refractivity contribution is 0.374. The van der Waals surface area contributed by atoms with Gasteiger partial charge in [0, 0.05) is 13.0 Å². The molecule has 1 aromatic heterocycles. The molecule has 1 heterocycles. The number of aromatic nitrogens is 2. The summed E-state index contributed by atoms with van der Waals surface area (Å²) in [5, 5.41) is 6.89. The fourth-order valence-electron chi connectivity index (χ4n) is 1.13. The Bertz CT molecular complexity index is 218. The van der Waals surface area contributed by atoms with Gasteiger partial charge in [-0.2, -0.15) is 4.98 Å². The zero-order valence-corrected chi connectivity index (χ0v) is 6.99. The van der Waals surface area contributed by atoms with E-state index in [9.17, 15) is 0 Å². The Balaban J connectivity index is 1.56. The molecule has 0 saturated heterocycles. The molecule has 1 aliphatic carbocycles. The van der Waals surface area contributed by atoms with Crippen molar-refractivity contribution < 1.29 is 4.52 Å². The number of rotatable bonds is 5. The standard InChI is InChI=1S/C8H13N3O/c1-2-7(1)5-9-4-3-8-10-6-11-12-8/h6-7,9H,1-5H2. The fraction of sp³-hybridized carbons (Fsp3) is 0.750. The highest BCUT2D eigenvalue weighted by atomic mass is 16.5. The minimum atomic E-state index is 0.721. The normalized spacial score (nSPS) is 16.7. The van der Waals surface area contributed by atoms with Crippen molar-refractivity contribution in [2.45, 2.75) is 19.3 Å². The first-order valence-electron chi connectivity index (χ1n) is 4.41. The first-order valence-corrected chi connectivity index (χ1v) is 4.41. The summed E-state index contributed by atoms with van der Waals surface area (Å²) in [6.07, 6.45) is 5.07. The lowest BCUT2D eigenvalue weighted by atomic mass is 10.4. The second-order valence-electron chi connectivity index (χ2n) is 3.23. The van der Waals surface area contributed by atoms with Gasteiger partial charge >= 0.3 is 0 Å². The lowest BCUT2D eigenvalue weighted by Crippen LogP contribution is -2.19. The third-order valence-electron chi connectivity index (χ3n) is 2.05. The topological polar surface area (TPSA) is 51.0 Å². The van der Waals surface area contributed by atoms with Crippen LogP contribution in [0.4, 0.5) is 0 Å². The van der Waals surface area contributed by atoms with Crippen molar-refractivity contribution in [3.63, 3.8) is 0 Å². The SMILES string of the molecule is c1noc(CCNCC2CC2)n1. The van der Waals surface area contributed by atoms with Crippen LogP contribution in [0.5, 0.6) is 0 Å². The van der Waals surface area contributed by atoms with Crippen molar-refractivity contribution in [1.29, 1.82) is 0 Å². The highest BCUT2D eigenvalue weighted by Crippen LogP contribution is 2.27. The molecule has 1 N–H and O–H groups in total. The largest absolute Gasteiger partial charge is 0.340 e. The quantitative estimate of drug-likeness (QED) is 0.653. The van der Waals surface area contributed by atoms with Crippen molar-refractivity contribution in [3.8, 4) is 0 Å². The predicted octanol–water partition coefficient (Wildman–Crippen LogP) is 0.612. The van der Waals surface area contributed by atoms with Crippen LogP contribution < -0.4 is 5.32 Å². The second-order valence-corrected chi connectivity index (χ2v) is 3.23. The van der Waals surface area contributed by atoms with Crippen molar-refractivity contribution in [2.75, 3.05) is 13.1 Å². The van der Waals surface area contributed by atoms with Gasteiger partial charge in [0.15, 0.2) is 6.33 Å². The van der Waals surface area contributed by atoms with Crippen LogP contribution in [0.25, 0.3) is 0 Å². The van der Waals surface area contributed by atoms with E-state index < -0.39 is 0 Å². The Morgan fingerprint density at radius 3 is 3.17 bits per heavy atom. The van der Waals surface area contributed by atoms with Gasteiger partial charge in [0.25, 0.3) is 0 Å². The van der Waals surface area contributed by atoms with Gasteiger partial charge in [-0.1, -0.05) is 5.16 Å². The first-order chi connectivity index (χ1) is 5.95. The molecular weight excluding hydrogens is 154 g/mol. The zero-order valence-electron chi connectivity index (χ0n) is 6.99. The van der Waals surface area contributed by atoms with Gasteiger partial charge in [0.05, 0.1) is 0 Å². The summed E-state index contributed by atoms with van der Waals surface area (Å²) < 4.78 is 4.86.